The van der Waals surface area contributed by atoms with Crippen LogP contribution in [0.15, 0.2) is 30.3 Å². The summed E-state index contributed by atoms with van der Waals surface area (Å²) in [5, 5.41) is 3.38. The van der Waals surface area contributed by atoms with Crippen LogP contribution >= 0.6 is 0 Å². The molecular formula is C15H21F3N2. The van der Waals surface area contributed by atoms with Crippen molar-refractivity contribution in [1.29, 1.82) is 0 Å². The van der Waals surface area contributed by atoms with Gasteiger partial charge in [-0.1, -0.05) is 37.3 Å². The molecule has 1 aromatic carbocycles. The van der Waals surface area contributed by atoms with Crippen molar-refractivity contribution in [2.45, 2.75) is 38.0 Å². The first kappa shape index (κ1) is 15.3. The van der Waals surface area contributed by atoms with Gasteiger partial charge in [-0.15, -0.1) is 0 Å². The van der Waals surface area contributed by atoms with Crippen LogP contribution in [0.4, 0.5) is 13.2 Å². The third-order valence-electron chi connectivity index (χ3n) is 4.23. The second-order valence-corrected chi connectivity index (χ2v) is 5.69. The van der Waals surface area contributed by atoms with E-state index in [9.17, 15) is 13.2 Å². The van der Waals surface area contributed by atoms with E-state index in [-0.39, 0.29) is 6.04 Å². The highest BCUT2D eigenvalue weighted by Gasteiger charge is 2.42. The van der Waals surface area contributed by atoms with E-state index < -0.39 is 18.3 Å². The molecule has 2 unspecified atom stereocenters. The van der Waals surface area contributed by atoms with Crippen molar-refractivity contribution in [1.82, 2.24) is 10.2 Å². The monoisotopic (exact) mass is 286 g/mol. The molecule has 1 aliphatic rings. The van der Waals surface area contributed by atoms with Crippen molar-refractivity contribution < 1.29 is 13.2 Å². The largest absolute Gasteiger partial charge is 0.401 e. The van der Waals surface area contributed by atoms with E-state index in [4.69, 9.17) is 0 Å². The molecule has 2 atom stereocenters. The van der Waals surface area contributed by atoms with Gasteiger partial charge in [-0.25, -0.2) is 0 Å². The molecule has 2 nitrogen and oxygen atoms in total. The zero-order valence-corrected chi connectivity index (χ0v) is 11.9. The minimum absolute atomic E-state index is 0.0434. The van der Waals surface area contributed by atoms with Crippen molar-refractivity contribution in [3.63, 3.8) is 0 Å². The summed E-state index contributed by atoms with van der Waals surface area (Å²) in [6.07, 6.45) is -3.47. The van der Waals surface area contributed by atoms with Gasteiger partial charge >= 0.3 is 6.18 Å². The van der Waals surface area contributed by atoms with Crippen molar-refractivity contribution in [3.8, 4) is 0 Å². The molecule has 2 rings (SSSR count). The second kappa shape index (κ2) is 5.74. The average molecular weight is 286 g/mol. The van der Waals surface area contributed by atoms with Crippen LogP contribution < -0.4 is 5.32 Å². The highest BCUT2D eigenvalue weighted by atomic mass is 19.4. The Morgan fingerprint density at radius 3 is 2.50 bits per heavy atom. The number of hydrogen-bond acceptors (Lipinski definition) is 2. The zero-order chi connectivity index (χ0) is 14.8. The predicted octanol–water partition coefficient (Wildman–Crippen LogP) is 3.36. The predicted molar refractivity (Wildman–Crippen MR) is 73.5 cm³/mol. The molecule has 5 heteroatoms. The molecule has 1 fully saturated rings. The molecule has 1 N–H and O–H groups in total. The Balaban J connectivity index is 2.16. The number of alkyl halides is 3. The van der Waals surface area contributed by atoms with Gasteiger partial charge in [0.1, 0.15) is 0 Å². The highest BCUT2D eigenvalue weighted by Crippen LogP contribution is 2.31. The summed E-state index contributed by atoms with van der Waals surface area (Å²) in [7, 11) is 0. The van der Waals surface area contributed by atoms with Crippen LogP contribution in [0.1, 0.15) is 31.9 Å². The number of halogens is 3. The van der Waals surface area contributed by atoms with Gasteiger partial charge in [0.05, 0.1) is 6.54 Å². The molecule has 20 heavy (non-hydrogen) atoms. The number of benzene rings is 1. The lowest BCUT2D eigenvalue weighted by atomic mass is 9.90. The minimum Gasteiger partial charge on any atom is -0.307 e. The van der Waals surface area contributed by atoms with Gasteiger partial charge < -0.3 is 5.32 Å². The Morgan fingerprint density at radius 2 is 1.95 bits per heavy atom. The van der Waals surface area contributed by atoms with E-state index in [1.54, 1.807) is 4.90 Å². The van der Waals surface area contributed by atoms with Gasteiger partial charge in [0.15, 0.2) is 0 Å². The van der Waals surface area contributed by atoms with Crippen molar-refractivity contribution >= 4 is 0 Å². The Labute approximate surface area is 118 Å². The first-order valence-electron chi connectivity index (χ1n) is 6.94. The van der Waals surface area contributed by atoms with Gasteiger partial charge in [-0.05, 0) is 18.9 Å². The fourth-order valence-electron chi connectivity index (χ4n) is 2.69. The summed E-state index contributed by atoms with van der Waals surface area (Å²) in [6, 6.07) is 9.61. The molecule has 0 amide bonds. The third kappa shape index (κ3) is 3.52. The molecule has 1 aromatic rings. The fraction of sp³-hybridized carbons (Fsp3) is 0.600. The maximum Gasteiger partial charge on any atom is 0.401 e. The first-order chi connectivity index (χ1) is 9.34. The Hall–Kier alpha value is -1.07. The fourth-order valence-corrected chi connectivity index (χ4v) is 2.69. The van der Waals surface area contributed by atoms with Crippen LogP contribution in [-0.4, -0.2) is 36.2 Å². The average Bonchev–Trinajstić information content (AvgIpc) is 2.41. The maximum absolute atomic E-state index is 12.8. The van der Waals surface area contributed by atoms with Crippen LogP contribution in [0.25, 0.3) is 0 Å². The summed E-state index contributed by atoms with van der Waals surface area (Å²) >= 11 is 0. The van der Waals surface area contributed by atoms with Crippen molar-refractivity contribution in [3.05, 3.63) is 35.9 Å². The quantitative estimate of drug-likeness (QED) is 0.916. The zero-order valence-electron chi connectivity index (χ0n) is 11.9. The highest BCUT2D eigenvalue weighted by molar-refractivity contribution is 5.20. The second-order valence-electron chi connectivity index (χ2n) is 5.69. The van der Waals surface area contributed by atoms with E-state index in [1.165, 1.54) is 0 Å². The van der Waals surface area contributed by atoms with Gasteiger partial charge in [0.2, 0.25) is 0 Å². The normalized spacial score (nSPS) is 28.6. The van der Waals surface area contributed by atoms with Crippen molar-refractivity contribution in [2.24, 2.45) is 0 Å². The van der Waals surface area contributed by atoms with Crippen LogP contribution in [0.2, 0.25) is 0 Å². The topological polar surface area (TPSA) is 15.3 Å². The maximum atomic E-state index is 12.8. The molecule has 0 spiro atoms. The summed E-state index contributed by atoms with van der Waals surface area (Å²) in [4.78, 5) is 1.57. The smallest absolute Gasteiger partial charge is 0.307 e. The lowest BCUT2D eigenvalue weighted by Gasteiger charge is -2.48. The summed E-state index contributed by atoms with van der Waals surface area (Å²) in [5.41, 5.74) is 0.596. The standard InChI is InChI=1S/C15H21F3N2/c1-3-14(2)10-19-13(12-7-5-4-6-8-12)9-20(14)11-15(16,17)18/h4-8,13,19H,3,9-11H2,1-2H3. The third-order valence-corrected chi connectivity index (χ3v) is 4.23. The molecule has 0 saturated carbocycles. The van der Waals surface area contributed by atoms with E-state index in [2.05, 4.69) is 5.32 Å². The number of piperazine rings is 1. The SMILES string of the molecule is CCC1(C)CNC(c2ccccc2)CN1CC(F)(F)F. The van der Waals surface area contributed by atoms with E-state index in [0.717, 1.165) is 5.56 Å². The molecule has 1 heterocycles. The lowest BCUT2D eigenvalue weighted by molar-refractivity contribution is -0.163. The van der Waals surface area contributed by atoms with Gasteiger partial charge in [0, 0.05) is 24.7 Å². The van der Waals surface area contributed by atoms with E-state index in [0.29, 0.717) is 19.5 Å². The van der Waals surface area contributed by atoms with Crippen LogP contribution in [0.5, 0.6) is 0 Å². The molecule has 112 valence electrons. The molecular weight excluding hydrogens is 265 g/mol. The first-order valence-corrected chi connectivity index (χ1v) is 6.94. The van der Waals surface area contributed by atoms with Gasteiger partial charge in [-0.3, -0.25) is 4.90 Å². The summed E-state index contributed by atoms with van der Waals surface area (Å²) in [6.45, 7) is 3.94. The molecule has 0 aliphatic carbocycles. The Bertz CT molecular complexity index is 432. The van der Waals surface area contributed by atoms with E-state index >= 15 is 0 Å². The van der Waals surface area contributed by atoms with Crippen LogP contribution in [0.3, 0.4) is 0 Å². The Kier molecular flexibility index (Phi) is 4.39. The number of hydrogen-bond donors (Lipinski definition) is 1. The molecule has 0 radical (unpaired) electrons. The molecule has 0 aromatic heterocycles. The number of rotatable bonds is 3. The molecule has 1 saturated heterocycles. The number of nitrogens with one attached hydrogen (secondary N) is 1. The van der Waals surface area contributed by atoms with Crippen LogP contribution in [-0.2, 0) is 0 Å². The summed E-state index contributed by atoms with van der Waals surface area (Å²) in [5.74, 6) is 0. The van der Waals surface area contributed by atoms with Crippen LogP contribution in [0, 0.1) is 0 Å². The van der Waals surface area contributed by atoms with Crippen molar-refractivity contribution in [2.75, 3.05) is 19.6 Å². The van der Waals surface area contributed by atoms with Gasteiger partial charge in [-0.2, -0.15) is 13.2 Å². The minimum atomic E-state index is -4.16. The Morgan fingerprint density at radius 1 is 1.30 bits per heavy atom. The summed E-state index contributed by atoms with van der Waals surface area (Å²) < 4.78 is 38.4. The molecule has 1 aliphatic heterocycles. The lowest BCUT2D eigenvalue weighted by Crippen LogP contribution is -2.62. The molecule has 0 bridgehead atoms. The van der Waals surface area contributed by atoms with E-state index in [1.807, 2.05) is 44.2 Å². The number of nitrogens with zero attached hydrogens (tertiary/aromatic N) is 1. The van der Waals surface area contributed by atoms with Gasteiger partial charge in [0.25, 0.3) is 0 Å².